The largest absolute Gasteiger partial charge is 0.494 e. The molecule has 0 fully saturated rings. The van der Waals surface area contributed by atoms with Gasteiger partial charge < -0.3 is 10.8 Å². The predicted octanol–water partition coefficient (Wildman–Crippen LogP) is 1.03. The van der Waals surface area contributed by atoms with Crippen molar-refractivity contribution in [1.82, 2.24) is 4.57 Å². The molecule has 12 nitrogen and oxygen atoms in total. The molecule has 2 rings (SSSR count). The molecule has 0 atom stereocenters. The van der Waals surface area contributed by atoms with Crippen molar-refractivity contribution in [3.8, 4) is 5.88 Å². The molecule has 1 aromatic heterocycles. The first kappa shape index (κ1) is 21.5. The van der Waals surface area contributed by atoms with E-state index in [1.54, 1.807) is 0 Å². The maximum Gasteiger partial charge on any atom is 0.296 e. The highest BCUT2D eigenvalue weighted by atomic mass is 32.2. The molecule has 0 aliphatic heterocycles. The van der Waals surface area contributed by atoms with Gasteiger partial charge in [0.2, 0.25) is 0 Å². The smallest absolute Gasteiger partial charge is 0.296 e. The van der Waals surface area contributed by atoms with Crippen molar-refractivity contribution < 1.29 is 31.0 Å². The molecule has 152 valence electrons. The first-order chi connectivity index (χ1) is 12.7. The van der Waals surface area contributed by atoms with Crippen molar-refractivity contribution in [2.24, 2.45) is 17.3 Å². The van der Waals surface area contributed by atoms with Gasteiger partial charge in [0, 0.05) is 18.3 Å². The number of aromatic hydroxyl groups is 1. The quantitative estimate of drug-likeness (QED) is 0.302. The monoisotopic (exact) mass is 432 g/mol. The number of anilines is 1. The van der Waals surface area contributed by atoms with Gasteiger partial charge in [-0.25, -0.2) is 0 Å². The molecule has 2 aromatic rings. The summed E-state index contributed by atoms with van der Waals surface area (Å²) in [5.41, 5.74) is 3.63. The average Bonchev–Trinajstić information content (AvgIpc) is 2.55. The highest BCUT2D eigenvalue weighted by Crippen LogP contribution is 2.31. The number of hydrogen-bond acceptors (Lipinski definition) is 9. The molecule has 0 aliphatic carbocycles. The van der Waals surface area contributed by atoms with Crippen molar-refractivity contribution in [3.05, 3.63) is 39.7 Å². The van der Waals surface area contributed by atoms with Crippen LogP contribution in [0.15, 0.2) is 38.1 Å². The van der Waals surface area contributed by atoms with E-state index in [1.807, 2.05) is 0 Å². The van der Waals surface area contributed by atoms with Crippen LogP contribution in [0.2, 0.25) is 0 Å². The molecule has 0 spiro atoms. The second-order valence-electron chi connectivity index (χ2n) is 5.77. The van der Waals surface area contributed by atoms with Crippen LogP contribution in [0.25, 0.3) is 0 Å². The lowest BCUT2D eigenvalue weighted by Gasteiger charge is -2.12. The Balaban J connectivity index is 2.72. The zero-order valence-corrected chi connectivity index (χ0v) is 16.2. The maximum atomic E-state index is 12.3. The molecule has 0 saturated carbocycles. The molecule has 0 amide bonds. The molecule has 0 unspecified atom stereocenters. The van der Waals surface area contributed by atoms with E-state index in [-0.39, 0.29) is 22.5 Å². The molecule has 14 heteroatoms. The lowest BCUT2D eigenvalue weighted by atomic mass is 10.1. The van der Waals surface area contributed by atoms with Gasteiger partial charge in [-0.1, -0.05) is 0 Å². The van der Waals surface area contributed by atoms with Gasteiger partial charge in [-0.05, 0) is 30.7 Å². The van der Waals surface area contributed by atoms with Gasteiger partial charge in [-0.3, -0.25) is 18.5 Å². The molecule has 5 N–H and O–H groups in total. The number of nitrogen functional groups attached to an aromatic ring is 1. The fourth-order valence-electron chi connectivity index (χ4n) is 2.34. The summed E-state index contributed by atoms with van der Waals surface area (Å²) in [4.78, 5) is 11.7. The summed E-state index contributed by atoms with van der Waals surface area (Å²) in [5.74, 6) is -1.68. The highest BCUT2D eigenvalue weighted by molar-refractivity contribution is 7.86. The van der Waals surface area contributed by atoms with E-state index in [0.717, 1.165) is 19.2 Å². The third-order valence-electron chi connectivity index (χ3n) is 3.75. The minimum atomic E-state index is -4.67. The number of nitrogens with zero attached hydrogens (tertiary/aromatic N) is 3. The summed E-state index contributed by atoms with van der Waals surface area (Å²) in [5, 5.41) is 17.3. The van der Waals surface area contributed by atoms with Gasteiger partial charge in [-0.15, -0.1) is 10.2 Å². The van der Waals surface area contributed by atoms with Crippen molar-refractivity contribution in [1.29, 1.82) is 0 Å². The van der Waals surface area contributed by atoms with E-state index >= 15 is 0 Å². The van der Waals surface area contributed by atoms with Crippen molar-refractivity contribution in [2.75, 3.05) is 5.73 Å². The van der Waals surface area contributed by atoms with Crippen LogP contribution in [0.4, 0.5) is 17.1 Å². The molecule has 0 bridgehead atoms. The Bertz CT molecular complexity index is 1250. The fourth-order valence-corrected chi connectivity index (χ4v) is 3.65. The minimum Gasteiger partial charge on any atom is -0.494 e. The molecular weight excluding hydrogens is 416 g/mol. The summed E-state index contributed by atoms with van der Waals surface area (Å²) in [7, 11) is -8.08. The van der Waals surface area contributed by atoms with E-state index in [1.165, 1.54) is 13.0 Å². The zero-order chi connectivity index (χ0) is 21.4. The van der Waals surface area contributed by atoms with Gasteiger partial charge in [0.15, 0.2) is 11.6 Å². The molecule has 28 heavy (non-hydrogen) atoms. The molecule has 0 radical (unpaired) electrons. The van der Waals surface area contributed by atoms with E-state index in [2.05, 4.69) is 10.2 Å². The fraction of sp³-hybridized carbons (Fsp3) is 0.214. The van der Waals surface area contributed by atoms with Crippen LogP contribution in [0.1, 0.15) is 11.1 Å². The minimum absolute atomic E-state index is 0.0979. The van der Waals surface area contributed by atoms with E-state index in [0.29, 0.717) is 4.57 Å². The van der Waals surface area contributed by atoms with Crippen LogP contribution >= 0.6 is 0 Å². The second-order valence-corrected chi connectivity index (χ2v) is 8.61. The predicted molar refractivity (Wildman–Crippen MR) is 98.2 cm³/mol. The molecule has 1 aromatic carbocycles. The Morgan fingerprint density at radius 3 is 2.29 bits per heavy atom. The molecular formula is C14H16N4O8S2. The maximum absolute atomic E-state index is 12.3. The van der Waals surface area contributed by atoms with Crippen molar-refractivity contribution in [2.45, 2.75) is 17.6 Å². The summed E-state index contributed by atoms with van der Waals surface area (Å²) >= 11 is 0. The Labute approximate surface area is 159 Å². The summed E-state index contributed by atoms with van der Waals surface area (Å²) in [6.07, 6.45) is 0. The highest BCUT2D eigenvalue weighted by Gasteiger charge is 2.22. The summed E-state index contributed by atoms with van der Waals surface area (Å²) in [6.45, 7) is 1.26. The number of nitrogens with two attached hydrogens (primary N) is 1. The molecule has 0 saturated heterocycles. The number of aromatic nitrogens is 1. The molecule has 0 aliphatic rings. The standard InChI is InChI=1S/C14H16N4O8S2/c1-7-9(6-27(21,22)23)13(19)18(2)14(20)12(7)17-16-10-5-8(15)3-4-11(10)28(24,25)26/h3-5,19H,6,15H2,1-2H3,(H,21,22,23)(H,24,25,26). The number of pyridine rings is 1. The number of benzene rings is 1. The normalized spacial score (nSPS) is 12.6. The van der Waals surface area contributed by atoms with Crippen LogP contribution in [-0.4, -0.2) is 35.6 Å². The zero-order valence-electron chi connectivity index (χ0n) is 14.6. The van der Waals surface area contributed by atoms with Crippen LogP contribution < -0.4 is 11.3 Å². The van der Waals surface area contributed by atoms with Crippen LogP contribution in [-0.2, 0) is 33.0 Å². The Morgan fingerprint density at radius 1 is 1.14 bits per heavy atom. The second kappa shape index (κ2) is 7.31. The van der Waals surface area contributed by atoms with Gasteiger partial charge >= 0.3 is 0 Å². The van der Waals surface area contributed by atoms with Crippen LogP contribution in [0.5, 0.6) is 5.88 Å². The number of rotatable bonds is 5. The first-order valence-corrected chi connectivity index (χ1v) is 10.4. The Kier molecular flexibility index (Phi) is 5.61. The third-order valence-corrected chi connectivity index (χ3v) is 5.30. The van der Waals surface area contributed by atoms with Crippen molar-refractivity contribution >= 4 is 37.3 Å². The van der Waals surface area contributed by atoms with Crippen LogP contribution in [0.3, 0.4) is 0 Å². The lowest BCUT2D eigenvalue weighted by Crippen LogP contribution is -2.20. The van der Waals surface area contributed by atoms with Gasteiger partial charge in [0.05, 0.1) is 0 Å². The van der Waals surface area contributed by atoms with E-state index < -0.39 is 48.0 Å². The number of azo groups is 1. The summed E-state index contributed by atoms with van der Waals surface area (Å²) < 4.78 is 64.2. The lowest BCUT2D eigenvalue weighted by molar-refractivity contribution is 0.415. The topological polar surface area (TPSA) is 202 Å². The Morgan fingerprint density at radius 2 is 1.75 bits per heavy atom. The summed E-state index contributed by atoms with van der Waals surface area (Å²) in [6, 6.07) is 3.29. The first-order valence-electron chi connectivity index (χ1n) is 7.37. The SMILES string of the molecule is Cc1c(CS(=O)(=O)O)c(O)n(C)c(=O)c1N=Nc1cc(N)ccc1S(=O)(=O)O. The third kappa shape index (κ3) is 4.53. The molecule has 1 heterocycles. The van der Waals surface area contributed by atoms with Gasteiger partial charge in [0.1, 0.15) is 16.3 Å². The number of hydrogen-bond donors (Lipinski definition) is 4. The van der Waals surface area contributed by atoms with E-state index in [9.17, 15) is 31.3 Å². The average molecular weight is 432 g/mol. The van der Waals surface area contributed by atoms with Gasteiger partial charge in [0.25, 0.3) is 25.8 Å². The van der Waals surface area contributed by atoms with Crippen molar-refractivity contribution in [3.63, 3.8) is 0 Å². The van der Waals surface area contributed by atoms with Crippen LogP contribution in [0, 0.1) is 6.92 Å². The Hall–Kier alpha value is -2.81. The van der Waals surface area contributed by atoms with Gasteiger partial charge in [-0.2, -0.15) is 16.8 Å². The van der Waals surface area contributed by atoms with E-state index in [4.69, 9.17) is 10.3 Å².